The molecule has 0 atom stereocenters. The highest BCUT2D eigenvalue weighted by molar-refractivity contribution is 6.46. The van der Waals surface area contributed by atoms with Crippen LogP contribution in [0.5, 0.6) is 0 Å². The summed E-state index contributed by atoms with van der Waals surface area (Å²) >= 11 is 10.7. The number of hydrogen-bond acceptors (Lipinski definition) is 4. The van der Waals surface area contributed by atoms with Crippen molar-refractivity contribution >= 4 is 35.4 Å². The number of esters is 1. The van der Waals surface area contributed by atoms with E-state index in [0.29, 0.717) is 0 Å². The van der Waals surface area contributed by atoms with Crippen LogP contribution in [0.25, 0.3) is 0 Å². The van der Waals surface area contributed by atoms with Gasteiger partial charge in [0.1, 0.15) is 11.3 Å². The lowest BCUT2D eigenvalue weighted by atomic mass is 10.2. The average molecular weight is 226 g/mol. The number of hydrogen-bond donors (Lipinski definition) is 1. The van der Waals surface area contributed by atoms with Gasteiger partial charge in [-0.25, -0.2) is 4.79 Å². The second-order valence-electron chi connectivity index (χ2n) is 1.98. The number of nitrogens with zero attached hydrogens (tertiary/aromatic N) is 1. The molecule has 0 aromatic heterocycles. The molecule has 0 aliphatic carbocycles. The molecular weight excluding hydrogens is 217 g/mol. The normalized spacial score (nSPS) is 13.3. The second kappa shape index (κ2) is 5.83. The van der Waals surface area contributed by atoms with Crippen LogP contribution in [0.15, 0.2) is 16.3 Å². The molecule has 0 unspecified atom stereocenters. The number of alkyl halides is 2. The minimum Gasteiger partial charge on any atom is -0.508 e. The Morgan fingerprint density at radius 1 is 1.62 bits per heavy atom. The van der Waals surface area contributed by atoms with Crippen molar-refractivity contribution in [2.75, 3.05) is 14.2 Å². The molecule has 0 aliphatic heterocycles. The molecule has 0 aromatic rings. The Labute approximate surface area is 85.8 Å². The highest BCUT2D eigenvalue weighted by Gasteiger charge is 2.18. The molecule has 4 nitrogen and oxygen atoms in total. The van der Waals surface area contributed by atoms with E-state index < -0.39 is 16.6 Å². The van der Waals surface area contributed by atoms with Crippen LogP contribution in [0.1, 0.15) is 0 Å². The maximum Gasteiger partial charge on any atom is 0.342 e. The molecule has 0 aromatic carbocycles. The third-order valence-corrected chi connectivity index (χ3v) is 1.56. The Kier molecular flexibility index (Phi) is 5.50. The summed E-state index contributed by atoms with van der Waals surface area (Å²) in [5, 5.41) is 9.24. The molecule has 74 valence electrons. The van der Waals surface area contributed by atoms with Gasteiger partial charge in [0.15, 0.2) is 4.84 Å². The van der Waals surface area contributed by atoms with E-state index >= 15 is 0 Å². The van der Waals surface area contributed by atoms with E-state index in [1.165, 1.54) is 14.2 Å². The molecule has 0 bridgehead atoms. The summed E-state index contributed by atoms with van der Waals surface area (Å²) in [6, 6.07) is 0. The van der Waals surface area contributed by atoms with Gasteiger partial charge in [-0.3, -0.25) is 4.99 Å². The van der Waals surface area contributed by atoms with Crippen LogP contribution in [0.4, 0.5) is 0 Å². The molecule has 0 spiro atoms. The molecule has 0 amide bonds. The van der Waals surface area contributed by atoms with Crippen LogP contribution < -0.4 is 0 Å². The summed E-state index contributed by atoms with van der Waals surface area (Å²) in [6.45, 7) is 0. The first-order chi connectivity index (χ1) is 6.04. The molecule has 1 N–H and O–H groups in total. The highest BCUT2D eigenvalue weighted by atomic mass is 35.5. The molecular formula is C7H9Cl2NO3. The Morgan fingerprint density at radius 2 is 2.15 bits per heavy atom. The van der Waals surface area contributed by atoms with E-state index in [9.17, 15) is 9.90 Å². The lowest BCUT2D eigenvalue weighted by Gasteiger charge is -2.04. The zero-order valence-corrected chi connectivity index (χ0v) is 8.63. The molecule has 6 heteroatoms. The summed E-state index contributed by atoms with van der Waals surface area (Å²) in [6.07, 6.45) is 1.12. The third-order valence-electron chi connectivity index (χ3n) is 1.15. The van der Waals surface area contributed by atoms with Crippen molar-refractivity contribution in [1.29, 1.82) is 0 Å². The average Bonchev–Trinajstić information content (AvgIpc) is 2.11. The monoisotopic (exact) mass is 225 g/mol. The Hall–Kier alpha value is -0.740. The summed E-state index contributed by atoms with van der Waals surface area (Å²) < 4.78 is 4.37. The molecule has 0 saturated heterocycles. The van der Waals surface area contributed by atoms with E-state index in [1.807, 2.05) is 0 Å². The van der Waals surface area contributed by atoms with Gasteiger partial charge in [0.25, 0.3) is 0 Å². The summed E-state index contributed by atoms with van der Waals surface area (Å²) in [7, 11) is 2.62. The maximum atomic E-state index is 11.0. The lowest BCUT2D eigenvalue weighted by Crippen LogP contribution is -2.12. The zero-order chi connectivity index (χ0) is 10.4. The molecule has 0 aliphatic rings. The number of ether oxygens (including phenoxy) is 1. The maximum absolute atomic E-state index is 11.0. The highest BCUT2D eigenvalue weighted by Crippen LogP contribution is 2.15. The third kappa shape index (κ3) is 3.65. The fourth-order valence-corrected chi connectivity index (χ4v) is 0.815. The summed E-state index contributed by atoms with van der Waals surface area (Å²) in [5.74, 6) is -1.21. The van der Waals surface area contributed by atoms with Gasteiger partial charge in [-0.2, -0.15) is 0 Å². The summed E-state index contributed by atoms with van der Waals surface area (Å²) in [4.78, 5) is 13.4. The van der Waals surface area contributed by atoms with Crippen LogP contribution in [-0.2, 0) is 9.53 Å². The van der Waals surface area contributed by atoms with Gasteiger partial charge < -0.3 is 9.84 Å². The van der Waals surface area contributed by atoms with Crippen molar-refractivity contribution in [1.82, 2.24) is 0 Å². The second-order valence-corrected chi connectivity index (χ2v) is 3.07. The Balaban J connectivity index is 4.99. The number of aliphatic hydroxyl groups excluding tert-OH is 1. The number of rotatable bonds is 3. The molecule has 0 radical (unpaired) electrons. The van der Waals surface area contributed by atoms with Gasteiger partial charge in [0, 0.05) is 13.3 Å². The topological polar surface area (TPSA) is 58.9 Å². The lowest BCUT2D eigenvalue weighted by molar-refractivity contribution is -0.135. The first-order valence-electron chi connectivity index (χ1n) is 3.26. The van der Waals surface area contributed by atoms with Crippen molar-refractivity contribution in [3.8, 4) is 0 Å². The number of allylic oxidation sites excluding steroid dienone is 1. The minimum absolute atomic E-state index is 0.153. The number of carbonyl (C=O) groups is 1. The first-order valence-corrected chi connectivity index (χ1v) is 4.13. The van der Waals surface area contributed by atoms with Crippen molar-refractivity contribution in [3.05, 3.63) is 11.3 Å². The molecule has 0 saturated carbocycles. The Morgan fingerprint density at radius 3 is 2.46 bits per heavy atom. The van der Waals surface area contributed by atoms with Gasteiger partial charge in [-0.1, -0.05) is 23.2 Å². The van der Waals surface area contributed by atoms with Gasteiger partial charge in [-0.15, -0.1) is 0 Å². The van der Waals surface area contributed by atoms with Crippen molar-refractivity contribution in [2.24, 2.45) is 4.99 Å². The van der Waals surface area contributed by atoms with Crippen LogP contribution >= 0.6 is 23.2 Å². The van der Waals surface area contributed by atoms with E-state index in [0.717, 1.165) is 6.21 Å². The van der Waals surface area contributed by atoms with E-state index in [4.69, 9.17) is 23.2 Å². The predicted octanol–water partition coefficient (Wildman–Crippen LogP) is 1.48. The number of halogens is 2. The SMILES string of the molecule is CN=CC(C(=O)OC)=C(O)C(Cl)Cl. The van der Waals surface area contributed by atoms with Gasteiger partial charge >= 0.3 is 5.97 Å². The fraction of sp³-hybridized carbons (Fsp3) is 0.429. The number of aliphatic hydroxyl groups is 1. The predicted molar refractivity (Wildman–Crippen MR) is 51.6 cm³/mol. The quantitative estimate of drug-likeness (QED) is 0.260. The van der Waals surface area contributed by atoms with Crippen LogP contribution in [0.2, 0.25) is 0 Å². The zero-order valence-electron chi connectivity index (χ0n) is 7.12. The number of carbonyl (C=O) groups excluding carboxylic acids is 1. The Bertz CT molecular complexity index is 248. The molecule has 0 heterocycles. The van der Waals surface area contributed by atoms with Crippen LogP contribution in [0.3, 0.4) is 0 Å². The van der Waals surface area contributed by atoms with Gasteiger partial charge in [0.2, 0.25) is 0 Å². The van der Waals surface area contributed by atoms with Crippen LogP contribution in [0, 0.1) is 0 Å². The number of aliphatic imine (C=N–C) groups is 1. The smallest absolute Gasteiger partial charge is 0.342 e. The van der Waals surface area contributed by atoms with Gasteiger partial charge in [0.05, 0.1) is 7.11 Å². The van der Waals surface area contributed by atoms with E-state index in [2.05, 4.69) is 9.73 Å². The van der Waals surface area contributed by atoms with Crippen molar-refractivity contribution < 1.29 is 14.6 Å². The minimum atomic E-state index is -1.17. The van der Waals surface area contributed by atoms with Gasteiger partial charge in [-0.05, 0) is 0 Å². The number of methoxy groups -OCH3 is 1. The van der Waals surface area contributed by atoms with Crippen molar-refractivity contribution in [2.45, 2.75) is 4.84 Å². The standard InChI is InChI=1S/C7H9Cl2NO3/c1-10-3-4(7(12)13-2)5(11)6(8)9/h3,6,11H,1-2H3. The van der Waals surface area contributed by atoms with E-state index in [1.54, 1.807) is 0 Å². The molecule has 0 fully saturated rings. The van der Waals surface area contributed by atoms with Crippen molar-refractivity contribution in [3.63, 3.8) is 0 Å². The molecule has 13 heavy (non-hydrogen) atoms. The fourth-order valence-electron chi connectivity index (χ4n) is 0.580. The first kappa shape index (κ1) is 12.3. The van der Waals surface area contributed by atoms with E-state index in [-0.39, 0.29) is 5.57 Å². The van der Waals surface area contributed by atoms with Crippen LogP contribution in [-0.4, -0.2) is 36.3 Å². The molecule has 0 rings (SSSR count). The summed E-state index contributed by atoms with van der Waals surface area (Å²) in [5.41, 5.74) is -0.153. The largest absolute Gasteiger partial charge is 0.508 e.